The van der Waals surface area contributed by atoms with Crippen LogP contribution >= 0.6 is 0 Å². The highest BCUT2D eigenvalue weighted by Crippen LogP contribution is 2.29. The number of hydrogen-bond donors (Lipinski definition) is 1. The lowest BCUT2D eigenvalue weighted by atomic mass is 10.0. The van der Waals surface area contributed by atoms with Crippen LogP contribution in [0.1, 0.15) is 36.9 Å². The molecule has 0 bridgehead atoms. The van der Waals surface area contributed by atoms with Gasteiger partial charge >= 0.3 is 0 Å². The molecule has 5 heteroatoms. The molecule has 0 aliphatic rings. The quantitative estimate of drug-likeness (QED) is 0.783. The molecular formula is C12H15F3O2. The van der Waals surface area contributed by atoms with Crippen LogP contribution in [0.25, 0.3) is 0 Å². The Morgan fingerprint density at radius 2 is 2.12 bits per heavy atom. The van der Waals surface area contributed by atoms with Crippen LogP contribution in [-0.4, -0.2) is 18.4 Å². The fourth-order valence-electron chi connectivity index (χ4n) is 1.50. The number of aliphatic hydroxyl groups is 1. The summed E-state index contributed by atoms with van der Waals surface area (Å²) in [5.74, 6) is -0.883. The second-order valence-corrected chi connectivity index (χ2v) is 3.59. The fraction of sp³-hybridized carbons (Fsp3) is 0.500. The van der Waals surface area contributed by atoms with E-state index in [0.29, 0.717) is 6.42 Å². The smallest absolute Gasteiger partial charge is 0.181 e. The predicted octanol–water partition coefficient (Wildman–Crippen LogP) is 3.22. The van der Waals surface area contributed by atoms with Gasteiger partial charge in [-0.05, 0) is 12.5 Å². The van der Waals surface area contributed by atoms with Crippen LogP contribution < -0.4 is 0 Å². The van der Waals surface area contributed by atoms with E-state index in [0.717, 1.165) is 6.07 Å². The summed E-state index contributed by atoms with van der Waals surface area (Å²) >= 11 is 0. The average molecular weight is 248 g/mol. The van der Waals surface area contributed by atoms with E-state index in [1.54, 1.807) is 0 Å². The van der Waals surface area contributed by atoms with Gasteiger partial charge in [-0.15, -0.1) is 0 Å². The Hall–Kier alpha value is -1.07. The van der Waals surface area contributed by atoms with Gasteiger partial charge in [-0.2, -0.15) is 0 Å². The molecule has 1 rings (SSSR count). The van der Waals surface area contributed by atoms with Gasteiger partial charge in [-0.25, -0.2) is 13.2 Å². The SMILES string of the molecule is CCCOC(O)c1cccc(F)c1C(F)CF. The first-order chi connectivity index (χ1) is 8.11. The Labute approximate surface area is 98.0 Å². The Kier molecular flexibility index (Phi) is 5.44. The number of alkyl halides is 2. The topological polar surface area (TPSA) is 29.5 Å². The minimum absolute atomic E-state index is 0.0661. The fourth-order valence-corrected chi connectivity index (χ4v) is 1.50. The third kappa shape index (κ3) is 3.44. The molecule has 1 aromatic carbocycles. The lowest BCUT2D eigenvalue weighted by Gasteiger charge is -2.17. The average Bonchev–Trinajstić information content (AvgIpc) is 2.34. The molecule has 0 spiro atoms. The summed E-state index contributed by atoms with van der Waals surface area (Å²) in [5.41, 5.74) is -0.540. The third-order valence-electron chi connectivity index (χ3n) is 2.28. The van der Waals surface area contributed by atoms with Crippen molar-refractivity contribution in [3.63, 3.8) is 0 Å². The zero-order valence-electron chi connectivity index (χ0n) is 9.50. The minimum Gasteiger partial charge on any atom is -0.364 e. The van der Waals surface area contributed by atoms with Gasteiger partial charge in [-0.3, -0.25) is 0 Å². The summed E-state index contributed by atoms with van der Waals surface area (Å²) < 4.78 is 43.9. The first-order valence-corrected chi connectivity index (χ1v) is 5.39. The standard InChI is InChI=1S/C12H15F3O2/c1-2-6-17-12(16)8-4-3-5-9(14)11(8)10(15)7-13/h3-5,10,12,16H,2,6-7H2,1H3. The number of aliphatic hydroxyl groups excluding tert-OH is 1. The van der Waals surface area contributed by atoms with Crippen molar-refractivity contribution < 1.29 is 23.0 Å². The Morgan fingerprint density at radius 3 is 2.71 bits per heavy atom. The molecule has 0 aliphatic heterocycles. The lowest BCUT2D eigenvalue weighted by molar-refractivity contribution is -0.104. The molecule has 0 aromatic heterocycles. The summed E-state index contributed by atoms with van der Waals surface area (Å²) in [6.45, 7) is 0.747. The molecule has 0 saturated heterocycles. The van der Waals surface area contributed by atoms with E-state index < -0.39 is 30.5 Å². The highest BCUT2D eigenvalue weighted by atomic mass is 19.2. The molecule has 1 aromatic rings. The predicted molar refractivity (Wildman–Crippen MR) is 57.4 cm³/mol. The number of hydrogen-bond acceptors (Lipinski definition) is 2. The zero-order chi connectivity index (χ0) is 12.8. The van der Waals surface area contributed by atoms with Crippen LogP contribution in [0.3, 0.4) is 0 Å². The Morgan fingerprint density at radius 1 is 1.41 bits per heavy atom. The van der Waals surface area contributed by atoms with E-state index in [-0.39, 0.29) is 12.2 Å². The number of ether oxygens (including phenoxy) is 1. The summed E-state index contributed by atoms with van der Waals surface area (Å²) in [5, 5.41) is 9.62. The maximum Gasteiger partial charge on any atom is 0.181 e. The maximum absolute atomic E-state index is 13.4. The molecule has 1 N–H and O–H groups in total. The Balaban J connectivity index is 3.01. The van der Waals surface area contributed by atoms with Crippen molar-refractivity contribution in [2.45, 2.75) is 25.8 Å². The zero-order valence-corrected chi connectivity index (χ0v) is 9.50. The molecule has 0 radical (unpaired) electrons. The van der Waals surface area contributed by atoms with Crippen molar-refractivity contribution in [2.24, 2.45) is 0 Å². The van der Waals surface area contributed by atoms with Gasteiger partial charge in [0.25, 0.3) is 0 Å². The van der Waals surface area contributed by atoms with Crippen LogP contribution in [-0.2, 0) is 4.74 Å². The van der Waals surface area contributed by atoms with Gasteiger partial charge in [0.15, 0.2) is 12.5 Å². The highest BCUT2D eigenvalue weighted by Gasteiger charge is 2.23. The Bertz CT molecular complexity index is 358. The molecule has 0 amide bonds. The van der Waals surface area contributed by atoms with Gasteiger partial charge < -0.3 is 9.84 Å². The molecule has 2 atom stereocenters. The summed E-state index contributed by atoms with van der Waals surface area (Å²) in [4.78, 5) is 0. The van der Waals surface area contributed by atoms with Crippen molar-refractivity contribution in [3.05, 3.63) is 35.1 Å². The molecule has 2 unspecified atom stereocenters. The summed E-state index contributed by atoms with van der Waals surface area (Å²) in [7, 11) is 0. The van der Waals surface area contributed by atoms with Gasteiger partial charge in [0.2, 0.25) is 0 Å². The second kappa shape index (κ2) is 6.61. The minimum atomic E-state index is -2.09. The van der Waals surface area contributed by atoms with Gasteiger partial charge in [-0.1, -0.05) is 19.1 Å². The maximum atomic E-state index is 13.4. The van der Waals surface area contributed by atoms with Gasteiger partial charge in [0.1, 0.15) is 12.5 Å². The summed E-state index contributed by atoms with van der Waals surface area (Å²) in [6, 6.07) is 3.66. The molecule has 0 heterocycles. The number of halogens is 3. The van der Waals surface area contributed by atoms with Gasteiger partial charge in [0, 0.05) is 17.7 Å². The lowest BCUT2D eigenvalue weighted by Crippen LogP contribution is -2.11. The molecule has 2 nitrogen and oxygen atoms in total. The molecule has 96 valence electrons. The van der Waals surface area contributed by atoms with Gasteiger partial charge in [0.05, 0.1) is 0 Å². The van der Waals surface area contributed by atoms with Crippen LogP contribution in [0.4, 0.5) is 13.2 Å². The first kappa shape index (κ1) is 14.0. The van der Waals surface area contributed by atoms with Crippen molar-refractivity contribution >= 4 is 0 Å². The van der Waals surface area contributed by atoms with Crippen molar-refractivity contribution in [1.82, 2.24) is 0 Å². The first-order valence-electron chi connectivity index (χ1n) is 5.39. The van der Waals surface area contributed by atoms with Crippen molar-refractivity contribution in [1.29, 1.82) is 0 Å². The van der Waals surface area contributed by atoms with E-state index in [4.69, 9.17) is 4.74 Å². The molecular weight excluding hydrogens is 233 g/mol. The van der Waals surface area contributed by atoms with E-state index in [1.165, 1.54) is 12.1 Å². The number of benzene rings is 1. The third-order valence-corrected chi connectivity index (χ3v) is 2.28. The largest absolute Gasteiger partial charge is 0.364 e. The van der Waals surface area contributed by atoms with E-state index in [9.17, 15) is 18.3 Å². The van der Waals surface area contributed by atoms with E-state index >= 15 is 0 Å². The van der Waals surface area contributed by atoms with Crippen LogP contribution in [0, 0.1) is 5.82 Å². The number of rotatable bonds is 6. The normalized spacial score (nSPS) is 14.6. The molecule has 0 fully saturated rings. The van der Waals surface area contributed by atoms with Crippen molar-refractivity contribution in [3.8, 4) is 0 Å². The van der Waals surface area contributed by atoms with Crippen LogP contribution in [0.2, 0.25) is 0 Å². The van der Waals surface area contributed by atoms with E-state index in [1.807, 2.05) is 6.92 Å². The van der Waals surface area contributed by atoms with E-state index in [2.05, 4.69) is 0 Å². The van der Waals surface area contributed by atoms with Crippen LogP contribution in [0.5, 0.6) is 0 Å². The van der Waals surface area contributed by atoms with Crippen LogP contribution in [0.15, 0.2) is 18.2 Å². The van der Waals surface area contributed by atoms with Crippen molar-refractivity contribution in [2.75, 3.05) is 13.3 Å². The molecule has 0 saturated carbocycles. The second-order valence-electron chi connectivity index (χ2n) is 3.59. The highest BCUT2D eigenvalue weighted by molar-refractivity contribution is 5.31. The molecule has 0 aliphatic carbocycles. The molecule has 17 heavy (non-hydrogen) atoms. The summed E-state index contributed by atoms with van der Waals surface area (Å²) in [6.07, 6.45) is -2.87. The monoisotopic (exact) mass is 248 g/mol.